The quantitative estimate of drug-likeness (QED) is 0.741. The molecule has 2 fully saturated rings. The Balaban J connectivity index is 1.60. The molecular weight excluding hydrogens is 218 g/mol. The largest absolute Gasteiger partial charge is 0.383 e. The fourth-order valence-electron chi connectivity index (χ4n) is 5.48. The van der Waals surface area contributed by atoms with Crippen molar-refractivity contribution in [3.8, 4) is 0 Å². The van der Waals surface area contributed by atoms with Gasteiger partial charge in [0, 0.05) is 17.7 Å². The maximum absolute atomic E-state index is 3.97. The van der Waals surface area contributed by atoms with Gasteiger partial charge in [-0.2, -0.15) is 0 Å². The predicted molar refractivity (Wildman–Crippen MR) is 74.9 cm³/mol. The maximum atomic E-state index is 3.97. The van der Waals surface area contributed by atoms with Crippen molar-refractivity contribution in [3.05, 3.63) is 35.1 Å². The number of allylic oxidation sites excluding steroid dienone is 2. The minimum atomic E-state index is 0.457. The Morgan fingerprint density at radius 3 is 2.61 bits per heavy atom. The van der Waals surface area contributed by atoms with Gasteiger partial charge in [0.2, 0.25) is 0 Å². The molecule has 0 aromatic carbocycles. The highest BCUT2D eigenvalue weighted by molar-refractivity contribution is 5.62. The highest BCUT2D eigenvalue weighted by Gasteiger charge is 2.80. The monoisotopic (exact) mass is 241 g/mol. The van der Waals surface area contributed by atoms with Crippen LogP contribution in [-0.2, 0) is 0 Å². The summed E-state index contributed by atoms with van der Waals surface area (Å²) in [5.74, 6) is 2.81. The van der Waals surface area contributed by atoms with Gasteiger partial charge in [-0.15, -0.1) is 0 Å². The van der Waals surface area contributed by atoms with Crippen molar-refractivity contribution in [2.75, 3.05) is 6.54 Å². The van der Waals surface area contributed by atoms with Crippen LogP contribution >= 0.6 is 0 Å². The fourth-order valence-corrected chi connectivity index (χ4v) is 5.48. The third kappa shape index (κ3) is 0.941. The van der Waals surface area contributed by atoms with Gasteiger partial charge in [-0.1, -0.05) is 38.5 Å². The average Bonchev–Trinajstić information content (AvgIpc) is 3.24. The van der Waals surface area contributed by atoms with Gasteiger partial charge in [0.05, 0.1) is 0 Å². The van der Waals surface area contributed by atoms with E-state index in [0.29, 0.717) is 10.8 Å². The van der Waals surface area contributed by atoms with Crippen molar-refractivity contribution in [2.45, 2.75) is 34.1 Å². The number of hydrogen-bond acceptors (Lipinski definition) is 1. The van der Waals surface area contributed by atoms with Gasteiger partial charge in [-0.3, -0.25) is 0 Å². The molecule has 0 saturated heterocycles. The summed E-state index contributed by atoms with van der Waals surface area (Å²) in [6, 6.07) is 0. The molecule has 0 heterocycles. The first-order valence-electron chi connectivity index (χ1n) is 7.35. The van der Waals surface area contributed by atoms with E-state index in [1.807, 2.05) is 5.57 Å². The van der Waals surface area contributed by atoms with E-state index in [9.17, 15) is 0 Å². The first-order chi connectivity index (χ1) is 8.48. The van der Waals surface area contributed by atoms with E-state index in [2.05, 4.69) is 45.7 Å². The van der Waals surface area contributed by atoms with Gasteiger partial charge in [-0.05, 0) is 48.2 Å². The van der Waals surface area contributed by atoms with Gasteiger partial charge in [0.1, 0.15) is 0 Å². The van der Waals surface area contributed by atoms with Crippen LogP contribution < -0.4 is 5.32 Å². The SMILES string of the molecule is C=C1C=C1NCC12C(C)=C1C(C)(CC)C1C(C)C12. The Hall–Kier alpha value is -0.980. The molecule has 0 amide bonds. The van der Waals surface area contributed by atoms with Crippen LogP contribution in [0.2, 0.25) is 0 Å². The zero-order valence-electron chi connectivity index (χ0n) is 11.9. The van der Waals surface area contributed by atoms with Gasteiger partial charge >= 0.3 is 0 Å². The zero-order chi connectivity index (χ0) is 12.9. The Bertz CT molecular complexity index is 538. The summed E-state index contributed by atoms with van der Waals surface area (Å²) in [4.78, 5) is 0. The fraction of sp³-hybridized carbons (Fsp3) is 0.647. The highest BCUT2D eigenvalue weighted by Crippen LogP contribution is 2.85. The molecule has 1 heteroatoms. The molecule has 1 nitrogen and oxygen atoms in total. The molecule has 96 valence electrons. The minimum Gasteiger partial charge on any atom is -0.383 e. The summed E-state index contributed by atoms with van der Waals surface area (Å²) in [5, 5.41) is 3.62. The topological polar surface area (TPSA) is 12.0 Å². The predicted octanol–water partition coefficient (Wildman–Crippen LogP) is 3.66. The van der Waals surface area contributed by atoms with Gasteiger partial charge in [0.25, 0.3) is 0 Å². The minimum absolute atomic E-state index is 0.457. The van der Waals surface area contributed by atoms with Crippen molar-refractivity contribution in [2.24, 2.45) is 28.6 Å². The van der Waals surface area contributed by atoms with Crippen LogP contribution in [0.15, 0.2) is 35.1 Å². The summed E-state index contributed by atoms with van der Waals surface area (Å²) in [6.45, 7) is 14.8. The molecule has 0 radical (unpaired) electrons. The van der Waals surface area contributed by atoms with E-state index in [4.69, 9.17) is 0 Å². The standard InChI is InChI=1S/C17H23N/c1-6-16(5)13-10(3)14(13)17(11(4)15(16)17)8-18-12-7-9(12)2/h7,10,13-14,18H,2,6,8H2,1,3-5H3. The van der Waals surface area contributed by atoms with Gasteiger partial charge in [-0.25, -0.2) is 0 Å². The molecule has 0 spiro atoms. The molecule has 4 rings (SSSR count). The lowest BCUT2D eigenvalue weighted by atomic mass is 9.78. The Morgan fingerprint density at radius 2 is 2.06 bits per heavy atom. The highest BCUT2D eigenvalue weighted by atomic mass is 15.0. The summed E-state index contributed by atoms with van der Waals surface area (Å²) in [6.07, 6.45) is 3.46. The lowest BCUT2D eigenvalue weighted by Crippen LogP contribution is -2.27. The molecule has 5 unspecified atom stereocenters. The molecule has 18 heavy (non-hydrogen) atoms. The van der Waals surface area contributed by atoms with Crippen LogP contribution in [0.4, 0.5) is 0 Å². The van der Waals surface area contributed by atoms with Crippen LogP contribution in [0.5, 0.6) is 0 Å². The molecular formula is C17H23N. The average molecular weight is 241 g/mol. The molecule has 0 bridgehead atoms. The molecule has 0 aliphatic heterocycles. The van der Waals surface area contributed by atoms with Gasteiger partial charge < -0.3 is 5.32 Å². The molecule has 5 atom stereocenters. The molecule has 0 aromatic rings. The molecule has 4 aliphatic carbocycles. The Kier molecular flexibility index (Phi) is 1.69. The van der Waals surface area contributed by atoms with Crippen molar-refractivity contribution in [3.63, 3.8) is 0 Å². The second kappa shape index (κ2) is 2.79. The zero-order valence-corrected chi connectivity index (χ0v) is 11.9. The first-order valence-corrected chi connectivity index (χ1v) is 7.35. The third-order valence-corrected chi connectivity index (χ3v) is 6.56. The van der Waals surface area contributed by atoms with Crippen molar-refractivity contribution in [1.82, 2.24) is 5.32 Å². The van der Waals surface area contributed by atoms with E-state index in [1.165, 1.54) is 17.7 Å². The number of rotatable bonds is 4. The smallest absolute Gasteiger partial charge is 0.0415 e. The summed E-state index contributed by atoms with van der Waals surface area (Å²) in [5.41, 5.74) is 6.96. The van der Waals surface area contributed by atoms with E-state index in [1.54, 1.807) is 5.57 Å². The van der Waals surface area contributed by atoms with Crippen molar-refractivity contribution >= 4 is 0 Å². The lowest BCUT2D eigenvalue weighted by molar-refractivity contribution is 0.329. The number of fused-ring (bicyclic) bond motifs is 3. The maximum Gasteiger partial charge on any atom is 0.0415 e. The van der Waals surface area contributed by atoms with E-state index >= 15 is 0 Å². The molecule has 0 aromatic heterocycles. The first kappa shape index (κ1) is 10.9. The second-order valence-corrected chi connectivity index (χ2v) is 7.09. The summed E-state index contributed by atoms with van der Waals surface area (Å²) in [7, 11) is 0. The van der Waals surface area contributed by atoms with Crippen LogP contribution in [0.1, 0.15) is 34.1 Å². The van der Waals surface area contributed by atoms with Gasteiger partial charge in [0.15, 0.2) is 0 Å². The molecule has 1 N–H and O–H groups in total. The summed E-state index contributed by atoms with van der Waals surface area (Å²) >= 11 is 0. The van der Waals surface area contributed by atoms with E-state index in [0.717, 1.165) is 24.3 Å². The molecule has 4 aliphatic rings. The van der Waals surface area contributed by atoms with E-state index in [-0.39, 0.29) is 0 Å². The van der Waals surface area contributed by atoms with Crippen LogP contribution in [0.3, 0.4) is 0 Å². The molecule has 2 saturated carbocycles. The van der Waals surface area contributed by atoms with E-state index < -0.39 is 0 Å². The number of nitrogens with one attached hydrogen (secondary N) is 1. The van der Waals surface area contributed by atoms with Crippen molar-refractivity contribution in [1.29, 1.82) is 0 Å². The van der Waals surface area contributed by atoms with Crippen molar-refractivity contribution < 1.29 is 0 Å². The second-order valence-electron chi connectivity index (χ2n) is 7.09. The Morgan fingerprint density at radius 1 is 1.39 bits per heavy atom. The number of hydrogen-bond donors (Lipinski definition) is 1. The summed E-state index contributed by atoms with van der Waals surface area (Å²) < 4.78 is 0. The Labute approximate surface area is 110 Å². The third-order valence-electron chi connectivity index (χ3n) is 6.56. The normalized spacial score (nSPS) is 50.8. The van der Waals surface area contributed by atoms with Crippen LogP contribution in [-0.4, -0.2) is 6.54 Å². The van der Waals surface area contributed by atoms with Crippen LogP contribution in [0, 0.1) is 28.6 Å². The van der Waals surface area contributed by atoms with Crippen LogP contribution in [0.25, 0.3) is 0 Å². The lowest BCUT2D eigenvalue weighted by Gasteiger charge is -2.26.